The third kappa shape index (κ3) is 4.38. The molecule has 1 aromatic heterocycles. The lowest BCUT2D eigenvalue weighted by molar-refractivity contribution is 0.414. The van der Waals surface area contributed by atoms with Gasteiger partial charge in [0.15, 0.2) is 0 Å². The molecule has 6 heteroatoms. The van der Waals surface area contributed by atoms with Crippen LogP contribution >= 0.6 is 0 Å². The fourth-order valence-corrected chi connectivity index (χ4v) is 2.21. The zero-order valence-electron chi connectivity index (χ0n) is 13.7. The molecule has 0 atom stereocenters. The highest BCUT2D eigenvalue weighted by Gasteiger charge is 2.04. The van der Waals surface area contributed by atoms with Gasteiger partial charge in [-0.25, -0.2) is 9.37 Å². The molecular formula is C19H18FN3O2. The maximum absolute atomic E-state index is 13.5. The molecule has 5 nitrogen and oxygen atoms in total. The van der Waals surface area contributed by atoms with Crippen molar-refractivity contribution in [1.29, 1.82) is 0 Å². The number of hydrogen-bond donors (Lipinski definition) is 2. The molecule has 0 saturated carbocycles. The second-order valence-electron chi connectivity index (χ2n) is 5.36. The Kier molecular flexibility index (Phi) is 4.99. The van der Waals surface area contributed by atoms with Crippen molar-refractivity contribution in [2.24, 2.45) is 0 Å². The van der Waals surface area contributed by atoms with Gasteiger partial charge in [-0.1, -0.05) is 12.1 Å². The fraction of sp³-hybridized carbons (Fsp3) is 0.105. The van der Waals surface area contributed by atoms with Crippen molar-refractivity contribution in [2.75, 3.05) is 18.2 Å². The molecule has 3 N–H and O–H groups in total. The van der Waals surface area contributed by atoms with Crippen LogP contribution in [-0.4, -0.2) is 12.1 Å². The first-order valence-electron chi connectivity index (χ1n) is 7.70. The third-order valence-electron chi connectivity index (χ3n) is 3.57. The third-order valence-corrected chi connectivity index (χ3v) is 3.57. The zero-order valence-corrected chi connectivity index (χ0v) is 13.7. The lowest BCUT2D eigenvalue weighted by Crippen LogP contribution is -2.01. The van der Waals surface area contributed by atoms with Gasteiger partial charge in [0.25, 0.3) is 0 Å². The van der Waals surface area contributed by atoms with E-state index >= 15 is 0 Å². The SMILES string of the molecule is COc1ccc(CNc2cc(Oc3ccc(N)c(F)c3)ccn2)cc1. The summed E-state index contributed by atoms with van der Waals surface area (Å²) in [6.07, 6.45) is 1.62. The summed E-state index contributed by atoms with van der Waals surface area (Å²) in [6.45, 7) is 0.608. The smallest absolute Gasteiger partial charge is 0.149 e. The van der Waals surface area contributed by atoms with Gasteiger partial charge < -0.3 is 20.5 Å². The molecule has 0 aliphatic rings. The Bertz CT molecular complexity index is 854. The molecule has 1 heterocycles. The van der Waals surface area contributed by atoms with Gasteiger partial charge in [0, 0.05) is 24.9 Å². The van der Waals surface area contributed by atoms with Gasteiger partial charge in [0.05, 0.1) is 12.8 Å². The van der Waals surface area contributed by atoms with E-state index in [1.807, 2.05) is 24.3 Å². The monoisotopic (exact) mass is 339 g/mol. The van der Waals surface area contributed by atoms with Crippen LogP contribution < -0.4 is 20.5 Å². The second-order valence-corrected chi connectivity index (χ2v) is 5.36. The maximum atomic E-state index is 13.5. The van der Waals surface area contributed by atoms with E-state index in [9.17, 15) is 4.39 Å². The Labute approximate surface area is 145 Å². The molecule has 128 valence electrons. The number of hydrogen-bond acceptors (Lipinski definition) is 5. The first kappa shape index (κ1) is 16.6. The van der Waals surface area contributed by atoms with Crippen LogP contribution in [-0.2, 0) is 6.54 Å². The highest BCUT2D eigenvalue weighted by molar-refractivity contribution is 5.46. The molecule has 0 saturated heterocycles. The van der Waals surface area contributed by atoms with Gasteiger partial charge in [-0.3, -0.25) is 0 Å². The molecular weight excluding hydrogens is 321 g/mol. The van der Waals surface area contributed by atoms with Crippen molar-refractivity contribution in [3.63, 3.8) is 0 Å². The van der Waals surface area contributed by atoms with E-state index < -0.39 is 5.82 Å². The standard InChI is InChI=1S/C19H18FN3O2/c1-24-14-4-2-13(3-5-14)12-23-19-11-16(8-9-22-19)25-15-6-7-18(21)17(20)10-15/h2-11H,12,21H2,1H3,(H,22,23). The largest absolute Gasteiger partial charge is 0.497 e. The van der Waals surface area contributed by atoms with E-state index in [0.717, 1.165) is 11.3 Å². The van der Waals surface area contributed by atoms with Crippen molar-refractivity contribution in [2.45, 2.75) is 6.54 Å². The summed E-state index contributed by atoms with van der Waals surface area (Å²) in [5.74, 6) is 1.89. The van der Waals surface area contributed by atoms with E-state index in [0.29, 0.717) is 23.9 Å². The predicted molar refractivity (Wildman–Crippen MR) is 95.4 cm³/mol. The number of rotatable bonds is 6. The summed E-state index contributed by atoms with van der Waals surface area (Å²) in [5.41, 5.74) is 6.64. The highest BCUT2D eigenvalue weighted by atomic mass is 19.1. The van der Waals surface area contributed by atoms with Gasteiger partial charge in [0.2, 0.25) is 0 Å². The summed E-state index contributed by atoms with van der Waals surface area (Å²) in [4.78, 5) is 4.25. The highest BCUT2D eigenvalue weighted by Crippen LogP contribution is 2.25. The first-order valence-corrected chi connectivity index (χ1v) is 7.70. The summed E-state index contributed by atoms with van der Waals surface area (Å²) in [7, 11) is 1.63. The van der Waals surface area contributed by atoms with Crippen LogP contribution in [0, 0.1) is 5.82 Å². The molecule has 0 spiro atoms. The summed E-state index contributed by atoms with van der Waals surface area (Å²) in [6, 6.07) is 15.5. The number of nitrogen functional groups attached to an aromatic ring is 1. The molecule has 3 aromatic rings. The molecule has 0 unspecified atom stereocenters. The second kappa shape index (κ2) is 7.53. The molecule has 0 radical (unpaired) electrons. The Morgan fingerprint density at radius 1 is 1.00 bits per heavy atom. The lowest BCUT2D eigenvalue weighted by Gasteiger charge is -2.10. The van der Waals surface area contributed by atoms with Crippen LogP contribution in [0.25, 0.3) is 0 Å². The lowest BCUT2D eigenvalue weighted by atomic mass is 10.2. The molecule has 0 aliphatic heterocycles. The van der Waals surface area contributed by atoms with Crippen molar-refractivity contribution in [3.05, 3.63) is 72.2 Å². The first-order chi connectivity index (χ1) is 12.1. The number of methoxy groups -OCH3 is 1. The molecule has 25 heavy (non-hydrogen) atoms. The van der Waals surface area contributed by atoms with Crippen LogP contribution in [0.15, 0.2) is 60.8 Å². The number of nitrogens with two attached hydrogens (primary N) is 1. The number of anilines is 2. The van der Waals surface area contributed by atoms with E-state index in [4.69, 9.17) is 15.2 Å². The molecule has 2 aromatic carbocycles. The van der Waals surface area contributed by atoms with Crippen molar-refractivity contribution in [3.8, 4) is 17.2 Å². The van der Waals surface area contributed by atoms with Gasteiger partial charge in [0.1, 0.15) is 28.9 Å². The summed E-state index contributed by atoms with van der Waals surface area (Å²) >= 11 is 0. The zero-order chi connectivity index (χ0) is 17.6. The molecule has 0 aliphatic carbocycles. The van der Waals surface area contributed by atoms with E-state index in [1.165, 1.54) is 12.1 Å². The van der Waals surface area contributed by atoms with E-state index in [-0.39, 0.29) is 5.69 Å². The minimum Gasteiger partial charge on any atom is -0.497 e. The number of nitrogens with zero attached hydrogens (tertiary/aromatic N) is 1. The number of aromatic nitrogens is 1. The van der Waals surface area contributed by atoms with Crippen LogP contribution in [0.1, 0.15) is 5.56 Å². The van der Waals surface area contributed by atoms with Gasteiger partial charge in [-0.05, 0) is 35.9 Å². The van der Waals surface area contributed by atoms with E-state index in [1.54, 1.807) is 31.5 Å². The van der Waals surface area contributed by atoms with Gasteiger partial charge >= 0.3 is 0 Å². The van der Waals surface area contributed by atoms with Crippen molar-refractivity contribution >= 4 is 11.5 Å². The van der Waals surface area contributed by atoms with Gasteiger partial charge in [-0.2, -0.15) is 0 Å². The maximum Gasteiger partial charge on any atom is 0.149 e. The predicted octanol–water partition coefficient (Wildman–Crippen LogP) is 4.22. The number of halogens is 1. The van der Waals surface area contributed by atoms with Gasteiger partial charge in [-0.15, -0.1) is 0 Å². The number of nitrogens with one attached hydrogen (secondary N) is 1. The average Bonchev–Trinajstić information content (AvgIpc) is 2.64. The number of benzene rings is 2. The number of ether oxygens (including phenoxy) is 2. The fourth-order valence-electron chi connectivity index (χ4n) is 2.21. The minimum absolute atomic E-state index is 0.0870. The summed E-state index contributed by atoms with van der Waals surface area (Å²) in [5, 5.41) is 3.22. The summed E-state index contributed by atoms with van der Waals surface area (Å²) < 4.78 is 24.3. The number of pyridine rings is 1. The van der Waals surface area contributed by atoms with Crippen molar-refractivity contribution < 1.29 is 13.9 Å². The molecule has 0 fully saturated rings. The molecule has 0 bridgehead atoms. The minimum atomic E-state index is -0.510. The topological polar surface area (TPSA) is 69.4 Å². The Balaban J connectivity index is 1.65. The quantitative estimate of drug-likeness (QED) is 0.658. The van der Waals surface area contributed by atoms with Crippen LogP contribution in [0.5, 0.6) is 17.2 Å². The van der Waals surface area contributed by atoms with Crippen LogP contribution in [0.3, 0.4) is 0 Å². The average molecular weight is 339 g/mol. The molecule has 3 rings (SSSR count). The van der Waals surface area contributed by atoms with Crippen LogP contribution in [0.4, 0.5) is 15.9 Å². The Morgan fingerprint density at radius 3 is 2.44 bits per heavy atom. The Hall–Kier alpha value is -3.28. The van der Waals surface area contributed by atoms with E-state index in [2.05, 4.69) is 10.3 Å². The Morgan fingerprint density at radius 2 is 1.72 bits per heavy atom. The van der Waals surface area contributed by atoms with Crippen LogP contribution in [0.2, 0.25) is 0 Å². The molecule has 0 amide bonds. The normalized spacial score (nSPS) is 10.3. The van der Waals surface area contributed by atoms with Crippen molar-refractivity contribution in [1.82, 2.24) is 4.98 Å².